The van der Waals surface area contributed by atoms with E-state index < -0.39 is 0 Å². The molecule has 1 heterocycles. The van der Waals surface area contributed by atoms with Crippen LogP contribution in [0.15, 0.2) is 41.0 Å². The molecule has 0 saturated carbocycles. The van der Waals surface area contributed by atoms with Crippen LogP contribution >= 0.6 is 0 Å². The summed E-state index contributed by atoms with van der Waals surface area (Å²) in [6.45, 7) is 7.23. The fraction of sp³-hybridized carbons (Fsp3) is 0.333. The third kappa shape index (κ3) is 2.98. The summed E-state index contributed by atoms with van der Waals surface area (Å²) >= 11 is 0. The molecular formula is C15H19NO. The van der Waals surface area contributed by atoms with E-state index in [0.717, 1.165) is 12.3 Å². The topological polar surface area (TPSA) is 25.2 Å². The number of aryl methyl sites for hydroxylation is 2. The van der Waals surface area contributed by atoms with Gasteiger partial charge in [0.15, 0.2) is 0 Å². The molecule has 1 unspecified atom stereocenters. The van der Waals surface area contributed by atoms with Crippen molar-refractivity contribution >= 4 is 0 Å². The van der Waals surface area contributed by atoms with E-state index in [-0.39, 0.29) is 0 Å². The summed E-state index contributed by atoms with van der Waals surface area (Å²) < 4.78 is 5.31. The van der Waals surface area contributed by atoms with Crippen LogP contribution in [0.1, 0.15) is 35.4 Å². The van der Waals surface area contributed by atoms with Gasteiger partial charge < -0.3 is 9.73 Å². The number of hydrogen-bond donors (Lipinski definition) is 1. The Balaban J connectivity index is 2.01. The van der Waals surface area contributed by atoms with Gasteiger partial charge in [-0.1, -0.05) is 23.8 Å². The molecular weight excluding hydrogens is 210 g/mol. The first-order chi connectivity index (χ1) is 8.16. The summed E-state index contributed by atoms with van der Waals surface area (Å²) in [4.78, 5) is 0. The third-order valence-electron chi connectivity index (χ3n) is 3.05. The van der Waals surface area contributed by atoms with Crippen LogP contribution in [-0.4, -0.2) is 0 Å². The second kappa shape index (κ2) is 5.19. The minimum Gasteiger partial charge on any atom is -0.468 e. The molecule has 0 fully saturated rings. The van der Waals surface area contributed by atoms with Crippen LogP contribution < -0.4 is 5.32 Å². The van der Waals surface area contributed by atoms with E-state index in [9.17, 15) is 0 Å². The Bertz CT molecular complexity index is 474. The van der Waals surface area contributed by atoms with Crippen molar-refractivity contribution in [3.63, 3.8) is 0 Å². The molecule has 0 radical (unpaired) electrons. The third-order valence-corrected chi connectivity index (χ3v) is 3.05. The van der Waals surface area contributed by atoms with Crippen molar-refractivity contribution in [2.75, 3.05) is 0 Å². The molecule has 1 atom stereocenters. The minimum atomic E-state index is 0.334. The smallest absolute Gasteiger partial charge is 0.117 e. The molecule has 0 spiro atoms. The second-order valence-electron chi connectivity index (χ2n) is 4.54. The van der Waals surface area contributed by atoms with Crippen molar-refractivity contribution in [3.05, 3.63) is 59.0 Å². The molecule has 1 N–H and O–H groups in total. The zero-order chi connectivity index (χ0) is 12.3. The van der Waals surface area contributed by atoms with E-state index in [4.69, 9.17) is 4.42 Å². The first-order valence-electron chi connectivity index (χ1n) is 6.00. The molecule has 0 bridgehead atoms. The predicted molar refractivity (Wildman–Crippen MR) is 69.9 cm³/mol. The maximum Gasteiger partial charge on any atom is 0.117 e. The highest BCUT2D eigenvalue weighted by atomic mass is 16.3. The van der Waals surface area contributed by atoms with Crippen LogP contribution in [0.5, 0.6) is 0 Å². The van der Waals surface area contributed by atoms with Crippen LogP contribution in [0.3, 0.4) is 0 Å². The van der Waals surface area contributed by atoms with Gasteiger partial charge in [0.25, 0.3) is 0 Å². The first-order valence-corrected chi connectivity index (χ1v) is 6.00. The average Bonchev–Trinajstić information content (AvgIpc) is 2.78. The van der Waals surface area contributed by atoms with Gasteiger partial charge in [0.1, 0.15) is 5.76 Å². The average molecular weight is 229 g/mol. The first kappa shape index (κ1) is 11.9. The van der Waals surface area contributed by atoms with Gasteiger partial charge >= 0.3 is 0 Å². The van der Waals surface area contributed by atoms with Gasteiger partial charge in [-0.3, -0.25) is 0 Å². The Kier molecular flexibility index (Phi) is 3.64. The molecule has 2 aromatic rings. The standard InChI is InChI=1S/C15H19NO/c1-11-6-7-15(12(2)9-11)13(3)16-10-14-5-4-8-17-14/h4-9,13,16H,10H2,1-3H3. The van der Waals surface area contributed by atoms with Crippen LogP contribution in [0.2, 0.25) is 0 Å². The van der Waals surface area contributed by atoms with Gasteiger partial charge in [0.2, 0.25) is 0 Å². The molecule has 0 saturated heterocycles. The van der Waals surface area contributed by atoms with Crippen molar-refractivity contribution in [1.82, 2.24) is 5.32 Å². The van der Waals surface area contributed by atoms with Crippen LogP contribution in [-0.2, 0) is 6.54 Å². The van der Waals surface area contributed by atoms with Gasteiger partial charge in [0, 0.05) is 6.04 Å². The van der Waals surface area contributed by atoms with Gasteiger partial charge in [-0.2, -0.15) is 0 Å². The van der Waals surface area contributed by atoms with Crippen LogP contribution in [0.4, 0.5) is 0 Å². The Morgan fingerprint density at radius 1 is 1.24 bits per heavy atom. The molecule has 0 aliphatic carbocycles. The molecule has 2 nitrogen and oxygen atoms in total. The molecule has 0 amide bonds. The highest BCUT2D eigenvalue weighted by Gasteiger charge is 2.08. The van der Waals surface area contributed by atoms with E-state index >= 15 is 0 Å². The lowest BCUT2D eigenvalue weighted by Crippen LogP contribution is -2.18. The van der Waals surface area contributed by atoms with Gasteiger partial charge in [-0.25, -0.2) is 0 Å². The lowest BCUT2D eigenvalue weighted by atomic mass is 10.0. The van der Waals surface area contributed by atoms with E-state index in [0.29, 0.717) is 6.04 Å². The van der Waals surface area contributed by atoms with Gasteiger partial charge in [-0.05, 0) is 44.0 Å². The molecule has 0 aliphatic rings. The monoisotopic (exact) mass is 229 g/mol. The molecule has 1 aromatic carbocycles. The van der Waals surface area contributed by atoms with E-state index in [2.05, 4.69) is 44.3 Å². The maximum atomic E-state index is 5.31. The van der Waals surface area contributed by atoms with Gasteiger partial charge in [0.05, 0.1) is 12.8 Å². The Morgan fingerprint density at radius 3 is 2.71 bits per heavy atom. The van der Waals surface area contributed by atoms with Crippen molar-refractivity contribution in [3.8, 4) is 0 Å². The fourth-order valence-electron chi connectivity index (χ4n) is 2.09. The van der Waals surface area contributed by atoms with Crippen LogP contribution in [0.25, 0.3) is 0 Å². The van der Waals surface area contributed by atoms with E-state index in [1.807, 2.05) is 12.1 Å². The Morgan fingerprint density at radius 2 is 2.06 bits per heavy atom. The molecule has 2 heteroatoms. The van der Waals surface area contributed by atoms with Crippen LogP contribution in [0, 0.1) is 13.8 Å². The molecule has 90 valence electrons. The SMILES string of the molecule is Cc1ccc(C(C)NCc2ccco2)c(C)c1. The number of furan rings is 1. The summed E-state index contributed by atoms with van der Waals surface area (Å²) in [5.41, 5.74) is 4.00. The number of hydrogen-bond acceptors (Lipinski definition) is 2. The number of nitrogens with one attached hydrogen (secondary N) is 1. The molecule has 0 aliphatic heterocycles. The lowest BCUT2D eigenvalue weighted by Gasteiger charge is -2.16. The number of rotatable bonds is 4. The van der Waals surface area contributed by atoms with E-state index in [1.165, 1.54) is 16.7 Å². The Labute approximate surface area is 103 Å². The fourth-order valence-corrected chi connectivity index (χ4v) is 2.09. The highest BCUT2D eigenvalue weighted by molar-refractivity contribution is 5.32. The van der Waals surface area contributed by atoms with E-state index in [1.54, 1.807) is 6.26 Å². The van der Waals surface area contributed by atoms with Crippen molar-refractivity contribution in [1.29, 1.82) is 0 Å². The maximum absolute atomic E-state index is 5.31. The lowest BCUT2D eigenvalue weighted by molar-refractivity contribution is 0.460. The summed E-state index contributed by atoms with van der Waals surface area (Å²) in [5, 5.41) is 3.47. The Hall–Kier alpha value is -1.54. The summed E-state index contributed by atoms with van der Waals surface area (Å²) in [5.74, 6) is 0.974. The molecule has 1 aromatic heterocycles. The van der Waals surface area contributed by atoms with Crippen molar-refractivity contribution < 1.29 is 4.42 Å². The zero-order valence-corrected chi connectivity index (χ0v) is 10.7. The summed E-state index contributed by atoms with van der Waals surface area (Å²) in [7, 11) is 0. The second-order valence-corrected chi connectivity index (χ2v) is 4.54. The van der Waals surface area contributed by atoms with Gasteiger partial charge in [-0.15, -0.1) is 0 Å². The largest absolute Gasteiger partial charge is 0.468 e. The van der Waals surface area contributed by atoms with Crippen molar-refractivity contribution in [2.45, 2.75) is 33.4 Å². The number of benzene rings is 1. The molecule has 17 heavy (non-hydrogen) atoms. The van der Waals surface area contributed by atoms with Crippen molar-refractivity contribution in [2.24, 2.45) is 0 Å². The molecule has 2 rings (SSSR count). The normalized spacial score (nSPS) is 12.6. The minimum absolute atomic E-state index is 0.334. The predicted octanol–water partition coefficient (Wildman–Crippen LogP) is 3.75. The highest BCUT2D eigenvalue weighted by Crippen LogP contribution is 2.19. The zero-order valence-electron chi connectivity index (χ0n) is 10.7. The quantitative estimate of drug-likeness (QED) is 0.863. The summed E-state index contributed by atoms with van der Waals surface area (Å²) in [6, 6.07) is 10.8. The summed E-state index contributed by atoms with van der Waals surface area (Å²) in [6.07, 6.45) is 1.71.